The first-order chi connectivity index (χ1) is 9.41. The third kappa shape index (κ3) is 17.0. The molecule has 0 spiro atoms. The van der Waals surface area contributed by atoms with Crippen molar-refractivity contribution in [2.45, 2.75) is 71.1 Å². The quantitative estimate of drug-likeness (QED) is 0.195. The molecule has 0 aromatic carbocycles. The van der Waals surface area contributed by atoms with Crippen molar-refractivity contribution in [2.24, 2.45) is 0 Å². The fourth-order valence-electron chi connectivity index (χ4n) is 1.96. The van der Waals surface area contributed by atoms with Gasteiger partial charge in [-0.05, 0) is 25.7 Å². The van der Waals surface area contributed by atoms with E-state index in [0.29, 0.717) is 0 Å². The summed E-state index contributed by atoms with van der Waals surface area (Å²) in [5, 5.41) is 0. The summed E-state index contributed by atoms with van der Waals surface area (Å²) in [7, 11) is 0. The zero-order chi connectivity index (χ0) is 14.0. The predicted octanol–water partition coefficient (Wildman–Crippen LogP) is 6.76. The van der Waals surface area contributed by atoms with Crippen LogP contribution >= 0.6 is 0 Å². The van der Waals surface area contributed by atoms with Gasteiger partial charge in [0, 0.05) is 0 Å². The molecule has 0 nitrogen and oxygen atoms in total. The number of hydrogen-bond donors (Lipinski definition) is 0. The molecule has 0 heteroatoms. The van der Waals surface area contributed by atoms with E-state index in [2.05, 4.69) is 43.9 Å². The van der Waals surface area contributed by atoms with Gasteiger partial charge in [0.05, 0.1) is 0 Å². The molecule has 0 saturated carbocycles. The van der Waals surface area contributed by atoms with Crippen molar-refractivity contribution < 1.29 is 0 Å². The normalized spacial score (nSPS) is 12.1. The molecule has 0 radical (unpaired) electrons. The van der Waals surface area contributed by atoms with E-state index in [1.807, 2.05) is 12.2 Å². The summed E-state index contributed by atoms with van der Waals surface area (Å²) in [4.78, 5) is 0. The Morgan fingerprint density at radius 1 is 0.684 bits per heavy atom. The SMILES string of the molecule is C=C/C=C\CC=CCC=CCCCCCCCCC. The van der Waals surface area contributed by atoms with Crippen molar-refractivity contribution in [2.75, 3.05) is 0 Å². The molecule has 0 aliphatic rings. The van der Waals surface area contributed by atoms with Gasteiger partial charge in [0.2, 0.25) is 0 Å². The molecule has 0 N–H and O–H groups in total. The molecule has 0 heterocycles. The molecule has 19 heavy (non-hydrogen) atoms. The molecule has 0 aliphatic heterocycles. The Kier molecular flexibility index (Phi) is 16.0. The van der Waals surface area contributed by atoms with Gasteiger partial charge in [-0.2, -0.15) is 0 Å². The first-order valence-corrected chi connectivity index (χ1v) is 7.99. The molecule has 0 bridgehead atoms. The molecule has 0 aliphatic carbocycles. The monoisotopic (exact) mass is 260 g/mol. The van der Waals surface area contributed by atoms with Gasteiger partial charge in [-0.1, -0.05) is 94.6 Å². The summed E-state index contributed by atoms with van der Waals surface area (Å²) < 4.78 is 0. The Morgan fingerprint density at radius 3 is 1.95 bits per heavy atom. The van der Waals surface area contributed by atoms with E-state index in [9.17, 15) is 0 Å². The molecule has 0 unspecified atom stereocenters. The van der Waals surface area contributed by atoms with Crippen LogP contribution in [0.25, 0.3) is 0 Å². The van der Waals surface area contributed by atoms with E-state index in [1.54, 1.807) is 0 Å². The van der Waals surface area contributed by atoms with Gasteiger partial charge in [-0.15, -0.1) is 0 Å². The number of allylic oxidation sites excluding steroid dienone is 7. The van der Waals surface area contributed by atoms with Crippen LogP contribution in [-0.4, -0.2) is 0 Å². The lowest BCUT2D eigenvalue weighted by Crippen LogP contribution is -1.78. The highest BCUT2D eigenvalue weighted by Gasteiger charge is 1.88. The van der Waals surface area contributed by atoms with Gasteiger partial charge in [-0.25, -0.2) is 0 Å². The molecule has 108 valence electrons. The molecule has 0 aromatic heterocycles. The summed E-state index contributed by atoms with van der Waals surface area (Å²) in [5.41, 5.74) is 0. The van der Waals surface area contributed by atoms with Gasteiger partial charge in [0.15, 0.2) is 0 Å². The number of unbranched alkanes of at least 4 members (excludes halogenated alkanes) is 7. The lowest BCUT2D eigenvalue weighted by Gasteiger charge is -1.98. The minimum absolute atomic E-state index is 1.01. The number of rotatable bonds is 13. The Hall–Kier alpha value is -1.04. The Labute approximate surface area is 121 Å². The lowest BCUT2D eigenvalue weighted by atomic mass is 10.1. The Bertz CT molecular complexity index is 255. The van der Waals surface area contributed by atoms with E-state index in [0.717, 1.165) is 12.8 Å². The van der Waals surface area contributed by atoms with E-state index in [4.69, 9.17) is 0 Å². The largest absolute Gasteiger partial charge is 0.0991 e. The average molecular weight is 260 g/mol. The van der Waals surface area contributed by atoms with Crippen LogP contribution in [0.3, 0.4) is 0 Å². The van der Waals surface area contributed by atoms with E-state index < -0.39 is 0 Å². The van der Waals surface area contributed by atoms with Crippen LogP contribution in [0.5, 0.6) is 0 Å². The molecule has 0 aromatic rings. The topological polar surface area (TPSA) is 0 Å². The zero-order valence-corrected chi connectivity index (χ0v) is 12.8. The summed E-state index contributed by atoms with van der Waals surface area (Å²) in [6.07, 6.45) is 28.1. The zero-order valence-electron chi connectivity index (χ0n) is 12.8. The second-order valence-electron chi connectivity index (χ2n) is 4.99. The minimum Gasteiger partial charge on any atom is -0.0991 e. The third-order valence-corrected chi connectivity index (χ3v) is 3.12. The van der Waals surface area contributed by atoms with Gasteiger partial charge < -0.3 is 0 Å². The summed E-state index contributed by atoms with van der Waals surface area (Å²) in [6.45, 7) is 5.91. The molecular weight excluding hydrogens is 228 g/mol. The lowest BCUT2D eigenvalue weighted by molar-refractivity contribution is 0.592. The van der Waals surface area contributed by atoms with Crippen molar-refractivity contribution in [3.8, 4) is 0 Å². The number of hydrogen-bond acceptors (Lipinski definition) is 0. The average Bonchev–Trinajstić information content (AvgIpc) is 2.43. The first-order valence-electron chi connectivity index (χ1n) is 7.99. The minimum atomic E-state index is 1.01. The van der Waals surface area contributed by atoms with Crippen LogP contribution in [0.15, 0.2) is 49.1 Å². The summed E-state index contributed by atoms with van der Waals surface area (Å²) in [6, 6.07) is 0. The van der Waals surface area contributed by atoms with E-state index >= 15 is 0 Å². The maximum Gasteiger partial charge on any atom is -0.0166 e. The van der Waals surface area contributed by atoms with Crippen LogP contribution in [-0.2, 0) is 0 Å². The van der Waals surface area contributed by atoms with Crippen LogP contribution in [0.4, 0.5) is 0 Å². The molecule has 0 atom stereocenters. The Morgan fingerprint density at radius 2 is 1.26 bits per heavy atom. The fraction of sp³-hybridized carbons (Fsp3) is 0.579. The third-order valence-electron chi connectivity index (χ3n) is 3.12. The van der Waals surface area contributed by atoms with E-state index in [1.165, 1.54) is 51.4 Å². The van der Waals surface area contributed by atoms with E-state index in [-0.39, 0.29) is 0 Å². The maximum atomic E-state index is 3.64. The van der Waals surface area contributed by atoms with Crippen LogP contribution < -0.4 is 0 Å². The fourth-order valence-corrected chi connectivity index (χ4v) is 1.96. The molecule has 0 saturated heterocycles. The predicted molar refractivity (Wildman–Crippen MR) is 89.5 cm³/mol. The second-order valence-corrected chi connectivity index (χ2v) is 4.99. The smallest absolute Gasteiger partial charge is 0.0166 e. The van der Waals surface area contributed by atoms with Gasteiger partial charge in [-0.3, -0.25) is 0 Å². The van der Waals surface area contributed by atoms with Crippen LogP contribution in [0, 0.1) is 0 Å². The summed E-state index contributed by atoms with van der Waals surface area (Å²) >= 11 is 0. The standard InChI is InChI=1S/C19H32/c1-3-5-7-9-11-13-15-17-19-18-16-14-12-10-8-6-4-2/h3,5,7,11,13,17,19H,1,4,6,8-10,12,14-16,18H2,2H3/b7-5-,13-11?,19-17?. The van der Waals surface area contributed by atoms with Crippen molar-refractivity contribution in [3.63, 3.8) is 0 Å². The Balaban J connectivity index is 3.21. The molecular formula is C19H32. The maximum absolute atomic E-state index is 3.64. The molecule has 0 amide bonds. The summed E-state index contributed by atoms with van der Waals surface area (Å²) in [5.74, 6) is 0. The van der Waals surface area contributed by atoms with Crippen LogP contribution in [0.2, 0.25) is 0 Å². The highest BCUT2D eigenvalue weighted by atomic mass is 13.9. The molecule has 0 fully saturated rings. The first kappa shape index (κ1) is 18.0. The highest BCUT2D eigenvalue weighted by Crippen LogP contribution is 2.08. The van der Waals surface area contributed by atoms with Gasteiger partial charge >= 0.3 is 0 Å². The van der Waals surface area contributed by atoms with Crippen molar-refractivity contribution in [3.05, 3.63) is 49.1 Å². The second kappa shape index (κ2) is 17.0. The van der Waals surface area contributed by atoms with Crippen LogP contribution in [0.1, 0.15) is 71.1 Å². The van der Waals surface area contributed by atoms with Gasteiger partial charge in [0.25, 0.3) is 0 Å². The van der Waals surface area contributed by atoms with Crippen molar-refractivity contribution in [1.29, 1.82) is 0 Å². The molecule has 0 rings (SSSR count). The van der Waals surface area contributed by atoms with Gasteiger partial charge in [0.1, 0.15) is 0 Å². The van der Waals surface area contributed by atoms with Crippen molar-refractivity contribution >= 4 is 0 Å². The highest BCUT2D eigenvalue weighted by molar-refractivity contribution is 5.02. The van der Waals surface area contributed by atoms with Crippen molar-refractivity contribution in [1.82, 2.24) is 0 Å².